The molecule has 3 aromatic carbocycles. The van der Waals surface area contributed by atoms with E-state index in [1.165, 1.54) is 32.1 Å². The third-order valence-electron chi connectivity index (χ3n) is 7.21. The molecule has 2 nitrogen and oxygen atoms in total. The lowest BCUT2D eigenvalue weighted by atomic mass is 9.78. The molecule has 0 aromatic heterocycles. The molecule has 29 heavy (non-hydrogen) atoms. The fourth-order valence-corrected chi connectivity index (χ4v) is 9.33. The highest BCUT2D eigenvalue weighted by Crippen LogP contribution is 2.37. The minimum atomic E-state index is -2.17. The predicted octanol–water partition coefficient (Wildman–Crippen LogP) is 3.07. The van der Waals surface area contributed by atoms with Crippen LogP contribution in [-0.4, -0.2) is 26.4 Å². The number of hydrogen-bond acceptors (Lipinski definition) is 2. The van der Waals surface area contributed by atoms with Crippen molar-refractivity contribution in [1.82, 2.24) is 0 Å². The Bertz CT molecular complexity index is 1080. The Morgan fingerprint density at radius 3 is 1.97 bits per heavy atom. The van der Waals surface area contributed by atoms with Gasteiger partial charge in [-0.25, -0.2) is 0 Å². The first kappa shape index (κ1) is 18.9. The predicted molar refractivity (Wildman–Crippen MR) is 125 cm³/mol. The van der Waals surface area contributed by atoms with Crippen LogP contribution >= 0.6 is 0 Å². The average Bonchev–Trinajstić information content (AvgIpc) is 3.11. The minimum Gasteiger partial charge on any atom is -0.399 e. The van der Waals surface area contributed by atoms with Gasteiger partial charge in [0, 0.05) is 0 Å². The normalized spacial score (nSPS) is 23.7. The van der Waals surface area contributed by atoms with Gasteiger partial charge in [0.25, 0.3) is 0 Å². The van der Waals surface area contributed by atoms with Gasteiger partial charge in [0.15, 0.2) is 0 Å². The molecule has 146 valence electrons. The molecule has 1 unspecified atom stereocenters. The molecule has 0 saturated carbocycles. The molecule has 0 amide bonds. The number of benzene rings is 3. The smallest absolute Gasteiger partial charge is 0.399 e. The van der Waals surface area contributed by atoms with Crippen LogP contribution in [0.5, 0.6) is 0 Å². The second-order valence-corrected chi connectivity index (χ2v) is 13.3. The molecule has 0 spiro atoms. The Morgan fingerprint density at radius 1 is 0.690 bits per heavy atom. The maximum Gasteiger partial charge on any atom is 0.494 e. The van der Waals surface area contributed by atoms with Gasteiger partial charge >= 0.3 is 7.12 Å². The van der Waals surface area contributed by atoms with Crippen molar-refractivity contribution < 1.29 is 9.31 Å². The highest BCUT2D eigenvalue weighted by Gasteiger charge is 2.54. The van der Waals surface area contributed by atoms with Crippen LogP contribution in [0.15, 0.2) is 72.8 Å². The van der Waals surface area contributed by atoms with Crippen molar-refractivity contribution in [2.24, 2.45) is 0 Å². The van der Waals surface area contributed by atoms with Crippen molar-refractivity contribution in [3.05, 3.63) is 72.8 Å². The summed E-state index contributed by atoms with van der Waals surface area (Å²) in [5, 5.41) is 4.34. The number of hydrogen-bond donors (Lipinski definition) is 0. The highest BCUT2D eigenvalue weighted by atomic mass is 28.3. The van der Waals surface area contributed by atoms with E-state index in [1.807, 2.05) is 0 Å². The van der Waals surface area contributed by atoms with E-state index >= 15 is 0 Å². The Kier molecular flexibility index (Phi) is 4.02. The van der Waals surface area contributed by atoms with Crippen molar-refractivity contribution in [3.8, 4) is 11.1 Å². The molecule has 2 heterocycles. The van der Waals surface area contributed by atoms with Gasteiger partial charge in [-0.2, -0.15) is 0 Å². The van der Waals surface area contributed by atoms with Crippen LogP contribution < -0.4 is 21.0 Å². The monoisotopic (exact) mass is 398 g/mol. The molecule has 3 aromatic rings. The Morgan fingerprint density at radius 2 is 1.28 bits per heavy atom. The van der Waals surface area contributed by atoms with Crippen LogP contribution in [0, 0.1) is 0 Å². The molecule has 4 heteroatoms. The fourth-order valence-electron chi connectivity index (χ4n) is 4.88. The van der Waals surface area contributed by atoms with Crippen LogP contribution in [-0.2, 0) is 9.31 Å². The summed E-state index contributed by atoms with van der Waals surface area (Å²) < 4.78 is 13.0. The first-order valence-corrected chi connectivity index (χ1v) is 12.9. The SMILES string of the molecule is CC1(C)OB(c2cccc3c2[Si](C)(c2ccccc2)c2ccccc2-3)OC1(C)C. The van der Waals surface area contributed by atoms with Gasteiger partial charge in [-0.15, -0.1) is 0 Å². The van der Waals surface area contributed by atoms with E-state index in [0.717, 1.165) is 0 Å². The van der Waals surface area contributed by atoms with Gasteiger partial charge in [0.1, 0.15) is 8.07 Å². The molecular weight excluding hydrogens is 371 g/mol. The quantitative estimate of drug-likeness (QED) is 0.618. The third-order valence-corrected chi connectivity index (χ3v) is 11.8. The van der Waals surface area contributed by atoms with Crippen molar-refractivity contribution in [2.45, 2.75) is 45.4 Å². The van der Waals surface area contributed by atoms with E-state index < -0.39 is 8.07 Å². The molecule has 2 aliphatic heterocycles. The molecule has 1 saturated heterocycles. The maximum atomic E-state index is 6.50. The van der Waals surface area contributed by atoms with Crippen LogP contribution in [0.25, 0.3) is 11.1 Å². The second-order valence-electron chi connectivity index (χ2n) is 9.39. The van der Waals surface area contributed by atoms with Gasteiger partial charge in [0.05, 0.1) is 11.2 Å². The van der Waals surface area contributed by atoms with Crippen LogP contribution in [0.1, 0.15) is 27.7 Å². The van der Waals surface area contributed by atoms with Gasteiger partial charge < -0.3 is 9.31 Å². The Labute approximate surface area is 175 Å². The van der Waals surface area contributed by atoms with Crippen molar-refractivity contribution >= 4 is 36.2 Å². The zero-order valence-electron chi connectivity index (χ0n) is 17.8. The van der Waals surface area contributed by atoms with E-state index in [4.69, 9.17) is 9.31 Å². The average molecular weight is 398 g/mol. The van der Waals surface area contributed by atoms with E-state index in [0.29, 0.717) is 0 Å². The maximum absolute atomic E-state index is 6.50. The summed E-state index contributed by atoms with van der Waals surface area (Å²) in [6.07, 6.45) is 0. The van der Waals surface area contributed by atoms with E-state index in [-0.39, 0.29) is 18.3 Å². The molecular formula is C25H27BO2Si. The lowest BCUT2D eigenvalue weighted by molar-refractivity contribution is 0.00578. The molecule has 2 aliphatic rings. The second kappa shape index (κ2) is 6.18. The van der Waals surface area contributed by atoms with Crippen molar-refractivity contribution in [2.75, 3.05) is 0 Å². The Balaban J connectivity index is 1.77. The largest absolute Gasteiger partial charge is 0.494 e. The van der Waals surface area contributed by atoms with Gasteiger partial charge in [-0.3, -0.25) is 0 Å². The zero-order chi connectivity index (χ0) is 20.4. The topological polar surface area (TPSA) is 18.5 Å². The summed E-state index contributed by atoms with van der Waals surface area (Å²) in [6.45, 7) is 11.0. The molecule has 0 aliphatic carbocycles. The Hall–Kier alpha value is -2.14. The lowest BCUT2D eigenvalue weighted by Gasteiger charge is -2.32. The van der Waals surface area contributed by atoms with Gasteiger partial charge in [-0.05, 0) is 59.8 Å². The van der Waals surface area contributed by atoms with Crippen LogP contribution in [0.3, 0.4) is 0 Å². The zero-order valence-corrected chi connectivity index (χ0v) is 18.8. The van der Waals surface area contributed by atoms with E-state index in [2.05, 4.69) is 107 Å². The number of rotatable bonds is 2. The minimum absolute atomic E-state index is 0.347. The van der Waals surface area contributed by atoms with Crippen molar-refractivity contribution in [3.63, 3.8) is 0 Å². The summed E-state index contributed by atoms with van der Waals surface area (Å²) in [5.41, 5.74) is 3.19. The number of fused-ring (bicyclic) bond motifs is 3. The summed E-state index contributed by atoms with van der Waals surface area (Å²) in [6, 6.07) is 26.5. The molecule has 1 fully saturated rings. The summed E-state index contributed by atoms with van der Waals surface area (Å²) in [4.78, 5) is 0. The first-order chi connectivity index (χ1) is 13.8. The molecule has 0 N–H and O–H groups in total. The first-order valence-electron chi connectivity index (χ1n) is 10.4. The van der Waals surface area contributed by atoms with Crippen LogP contribution in [0.4, 0.5) is 0 Å². The standard InChI is InChI=1S/C25H27BO2Si/c1-24(2)25(3,4)28-26(27-24)21-16-11-15-20-19-14-9-10-17-22(19)29(5,23(20)21)18-12-7-6-8-13-18/h6-17H,1-5H3. The third kappa shape index (κ3) is 2.56. The van der Waals surface area contributed by atoms with E-state index in [1.54, 1.807) is 0 Å². The highest BCUT2D eigenvalue weighted by molar-refractivity contribution is 7.15. The lowest BCUT2D eigenvalue weighted by Crippen LogP contribution is -2.67. The molecule has 0 radical (unpaired) electrons. The molecule has 0 bridgehead atoms. The van der Waals surface area contributed by atoms with Crippen molar-refractivity contribution in [1.29, 1.82) is 0 Å². The van der Waals surface area contributed by atoms with E-state index in [9.17, 15) is 0 Å². The summed E-state index contributed by atoms with van der Waals surface area (Å²) >= 11 is 0. The summed E-state index contributed by atoms with van der Waals surface area (Å²) in [7, 11) is -2.52. The molecule has 1 atom stereocenters. The molecule has 5 rings (SSSR count). The van der Waals surface area contributed by atoms with Crippen LogP contribution in [0.2, 0.25) is 6.55 Å². The fraction of sp³-hybridized carbons (Fsp3) is 0.280. The summed E-state index contributed by atoms with van der Waals surface area (Å²) in [5.74, 6) is 0. The van der Waals surface area contributed by atoms with Gasteiger partial charge in [-0.1, -0.05) is 79.3 Å². The van der Waals surface area contributed by atoms with Gasteiger partial charge in [0.2, 0.25) is 0 Å².